The summed E-state index contributed by atoms with van der Waals surface area (Å²) in [7, 11) is -3.76. The van der Waals surface area contributed by atoms with Crippen molar-refractivity contribution in [1.82, 2.24) is 0 Å². The first-order chi connectivity index (χ1) is 9.58. The molecule has 0 aliphatic rings. The molecule has 4 heteroatoms. The lowest BCUT2D eigenvalue weighted by Gasteiger charge is -2.03. The van der Waals surface area contributed by atoms with Crippen LogP contribution in [0.2, 0.25) is 0 Å². The first kappa shape index (κ1) is 17.2. The molecular formula is C16H26O3S. The molecule has 0 saturated carbocycles. The van der Waals surface area contributed by atoms with Crippen molar-refractivity contribution in [1.29, 1.82) is 0 Å². The average Bonchev–Trinajstić information content (AvgIpc) is 2.41. The molecule has 0 bridgehead atoms. The minimum Gasteiger partial charge on any atom is -0.286 e. The molecule has 20 heavy (non-hydrogen) atoms. The van der Waals surface area contributed by atoms with Gasteiger partial charge in [-0.1, -0.05) is 68.9 Å². The van der Waals surface area contributed by atoms with Crippen molar-refractivity contribution >= 4 is 10.1 Å². The number of aryl methyl sites for hydroxylation is 1. The molecule has 114 valence electrons. The highest BCUT2D eigenvalue weighted by atomic mass is 32.2. The first-order valence-electron chi connectivity index (χ1n) is 7.57. The molecule has 0 aliphatic heterocycles. The van der Waals surface area contributed by atoms with E-state index in [4.69, 9.17) is 4.55 Å². The zero-order valence-electron chi connectivity index (χ0n) is 12.1. The predicted molar refractivity (Wildman–Crippen MR) is 83.5 cm³/mol. The van der Waals surface area contributed by atoms with E-state index in [0.717, 1.165) is 25.7 Å². The molecule has 1 N–H and O–H groups in total. The van der Waals surface area contributed by atoms with E-state index in [1.54, 1.807) is 0 Å². The molecule has 0 atom stereocenters. The van der Waals surface area contributed by atoms with Gasteiger partial charge in [-0.25, -0.2) is 0 Å². The van der Waals surface area contributed by atoms with Gasteiger partial charge in [-0.3, -0.25) is 4.55 Å². The first-order valence-corrected chi connectivity index (χ1v) is 9.18. The van der Waals surface area contributed by atoms with Gasteiger partial charge in [0.15, 0.2) is 0 Å². The molecule has 0 spiro atoms. The lowest BCUT2D eigenvalue weighted by Crippen LogP contribution is -2.03. The molecule has 0 fully saturated rings. The third-order valence-electron chi connectivity index (χ3n) is 3.46. The van der Waals surface area contributed by atoms with Crippen LogP contribution in [0.25, 0.3) is 0 Å². The largest absolute Gasteiger partial charge is 0.286 e. The van der Waals surface area contributed by atoms with E-state index in [1.807, 2.05) is 6.07 Å². The minimum atomic E-state index is -3.76. The van der Waals surface area contributed by atoms with Gasteiger partial charge in [-0.05, 0) is 24.8 Å². The van der Waals surface area contributed by atoms with Crippen LogP contribution in [-0.2, 0) is 16.5 Å². The number of benzene rings is 1. The molecule has 0 unspecified atom stereocenters. The lowest BCUT2D eigenvalue weighted by atomic mass is 10.0. The smallest absolute Gasteiger partial charge is 0.264 e. The van der Waals surface area contributed by atoms with Crippen LogP contribution in [0, 0.1) is 0 Å². The number of hydrogen-bond donors (Lipinski definition) is 1. The van der Waals surface area contributed by atoms with Gasteiger partial charge in [-0.15, -0.1) is 0 Å². The summed E-state index contributed by atoms with van der Waals surface area (Å²) in [6.45, 7) is 0. The highest BCUT2D eigenvalue weighted by Gasteiger charge is 2.02. The fraction of sp³-hybridized carbons (Fsp3) is 0.625. The number of unbranched alkanes of at least 4 members (excludes halogenated alkanes) is 7. The SMILES string of the molecule is O=S(=O)(O)CCCCCCCCCCc1ccccc1. The Bertz CT molecular complexity index is 440. The Labute approximate surface area is 123 Å². The highest BCUT2D eigenvalue weighted by Crippen LogP contribution is 2.11. The van der Waals surface area contributed by atoms with Gasteiger partial charge in [0, 0.05) is 0 Å². The topological polar surface area (TPSA) is 54.4 Å². The Morgan fingerprint density at radius 3 is 1.80 bits per heavy atom. The molecule has 3 nitrogen and oxygen atoms in total. The zero-order valence-corrected chi connectivity index (χ0v) is 12.9. The molecular weight excluding hydrogens is 272 g/mol. The van der Waals surface area contributed by atoms with Gasteiger partial charge in [0.1, 0.15) is 0 Å². The molecule has 0 aliphatic carbocycles. The fourth-order valence-electron chi connectivity index (χ4n) is 2.32. The van der Waals surface area contributed by atoms with E-state index in [9.17, 15) is 8.42 Å². The lowest BCUT2D eigenvalue weighted by molar-refractivity contribution is 0.478. The summed E-state index contributed by atoms with van der Waals surface area (Å²) in [6, 6.07) is 10.6. The molecule has 1 aromatic carbocycles. The summed E-state index contributed by atoms with van der Waals surface area (Å²) in [5.74, 6) is -0.0932. The highest BCUT2D eigenvalue weighted by molar-refractivity contribution is 7.85. The maximum Gasteiger partial charge on any atom is 0.264 e. The van der Waals surface area contributed by atoms with Gasteiger partial charge in [0.25, 0.3) is 10.1 Å². The van der Waals surface area contributed by atoms with Crippen LogP contribution in [0.4, 0.5) is 0 Å². The standard InChI is InChI=1S/C16H26O3S/c17-20(18,19)15-11-6-4-2-1-3-5-8-12-16-13-9-7-10-14-16/h7,9-10,13-14H,1-6,8,11-12,15H2,(H,17,18,19). The summed E-state index contributed by atoms with van der Waals surface area (Å²) < 4.78 is 29.6. The zero-order chi connectivity index (χ0) is 14.7. The maximum atomic E-state index is 10.5. The van der Waals surface area contributed by atoms with Crippen LogP contribution < -0.4 is 0 Å². The summed E-state index contributed by atoms with van der Waals surface area (Å²) in [4.78, 5) is 0. The van der Waals surface area contributed by atoms with Crippen LogP contribution in [0.15, 0.2) is 30.3 Å². The van der Waals surface area contributed by atoms with E-state index in [1.165, 1.54) is 31.2 Å². The molecule has 0 saturated heterocycles. The van der Waals surface area contributed by atoms with Gasteiger partial charge in [0.2, 0.25) is 0 Å². The summed E-state index contributed by atoms with van der Waals surface area (Å²) >= 11 is 0. The third kappa shape index (κ3) is 9.98. The monoisotopic (exact) mass is 298 g/mol. The second-order valence-electron chi connectivity index (χ2n) is 5.35. The third-order valence-corrected chi connectivity index (χ3v) is 4.27. The van der Waals surface area contributed by atoms with Crippen LogP contribution in [0.5, 0.6) is 0 Å². The van der Waals surface area contributed by atoms with Gasteiger partial charge in [-0.2, -0.15) is 8.42 Å². The number of hydrogen-bond acceptors (Lipinski definition) is 2. The average molecular weight is 298 g/mol. The minimum absolute atomic E-state index is 0.0932. The maximum absolute atomic E-state index is 10.5. The van der Waals surface area contributed by atoms with Crippen molar-refractivity contribution in [3.05, 3.63) is 35.9 Å². The molecule has 1 aromatic rings. The van der Waals surface area contributed by atoms with Crippen molar-refractivity contribution in [3.8, 4) is 0 Å². The summed E-state index contributed by atoms with van der Waals surface area (Å²) in [6.07, 6.45) is 9.84. The Morgan fingerprint density at radius 2 is 1.25 bits per heavy atom. The van der Waals surface area contributed by atoms with Crippen LogP contribution in [0.3, 0.4) is 0 Å². The van der Waals surface area contributed by atoms with Crippen LogP contribution in [-0.4, -0.2) is 18.7 Å². The normalized spacial score (nSPS) is 11.7. The summed E-state index contributed by atoms with van der Waals surface area (Å²) in [5.41, 5.74) is 1.41. The van der Waals surface area contributed by atoms with Gasteiger partial charge >= 0.3 is 0 Å². The second kappa shape index (κ2) is 9.94. The van der Waals surface area contributed by atoms with Crippen molar-refractivity contribution in [2.24, 2.45) is 0 Å². The van der Waals surface area contributed by atoms with Crippen molar-refractivity contribution in [2.75, 3.05) is 5.75 Å². The van der Waals surface area contributed by atoms with Gasteiger partial charge < -0.3 is 0 Å². The number of rotatable bonds is 11. The van der Waals surface area contributed by atoms with Crippen LogP contribution >= 0.6 is 0 Å². The molecule has 0 amide bonds. The van der Waals surface area contributed by atoms with Crippen molar-refractivity contribution in [2.45, 2.75) is 57.8 Å². The quantitative estimate of drug-likeness (QED) is 0.491. The van der Waals surface area contributed by atoms with Crippen molar-refractivity contribution < 1.29 is 13.0 Å². The molecule has 0 heterocycles. The summed E-state index contributed by atoms with van der Waals surface area (Å²) in [5, 5.41) is 0. The van der Waals surface area contributed by atoms with E-state index in [2.05, 4.69) is 24.3 Å². The Hall–Kier alpha value is -0.870. The van der Waals surface area contributed by atoms with E-state index >= 15 is 0 Å². The molecule has 0 radical (unpaired) electrons. The second-order valence-corrected chi connectivity index (χ2v) is 6.92. The van der Waals surface area contributed by atoms with Gasteiger partial charge in [0.05, 0.1) is 5.75 Å². The van der Waals surface area contributed by atoms with E-state index in [-0.39, 0.29) is 5.75 Å². The van der Waals surface area contributed by atoms with E-state index in [0.29, 0.717) is 6.42 Å². The fourth-order valence-corrected chi connectivity index (χ4v) is 2.89. The molecule has 1 rings (SSSR count). The van der Waals surface area contributed by atoms with E-state index < -0.39 is 10.1 Å². The molecule has 0 aromatic heterocycles. The van der Waals surface area contributed by atoms with Crippen molar-refractivity contribution in [3.63, 3.8) is 0 Å². The predicted octanol–water partition coefficient (Wildman–Crippen LogP) is 4.24. The Morgan fingerprint density at radius 1 is 0.750 bits per heavy atom. The Balaban J connectivity index is 1.86. The van der Waals surface area contributed by atoms with Crippen LogP contribution in [0.1, 0.15) is 56.9 Å². The Kier molecular flexibility index (Phi) is 8.54.